The van der Waals surface area contributed by atoms with Crippen molar-refractivity contribution in [3.8, 4) is 0 Å². The van der Waals surface area contributed by atoms with E-state index in [-0.39, 0.29) is 0 Å². The van der Waals surface area contributed by atoms with Crippen molar-refractivity contribution < 1.29 is 29.7 Å². The maximum Gasteiger partial charge on any atom is 0.209 e. The van der Waals surface area contributed by atoms with Crippen LogP contribution in [0.5, 0.6) is 0 Å². The van der Waals surface area contributed by atoms with Gasteiger partial charge in [0.15, 0.2) is 0 Å². The fourth-order valence-corrected chi connectivity index (χ4v) is 1.87. The molecule has 1 unspecified atom stereocenters. The molecule has 5 atom stereocenters. The average molecular weight is 244 g/mol. The van der Waals surface area contributed by atoms with Crippen LogP contribution in [0.4, 0.5) is 0 Å². The summed E-state index contributed by atoms with van der Waals surface area (Å²) in [7, 11) is 1.75. The maximum absolute atomic E-state index is 9.82. The zero-order valence-corrected chi connectivity index (χ0v) is 9.34. The Morgan fingerprint density at radius 1 is 1.29 bits per heavy atom. The van der Waals surface area contributed by atoms with E-state index in [4.69, 9.17) is 9.84 Å². The standard InChI is InChI=1S/C10H16N2O5/c1-11-2-3-12(5-11)10-9(16)8(15)7(14)6(4-13)17-10/h2-3,6-10,13-16H,4H2,1H3/t6-,7+,8+,9-,10?/m1/s1. The molecule has 0 amide bonds. The lowest BCUT2D eigenvalue weighted by molar-refractivity contribution is -0.675. The van der Waals surface area contributed by atoms with Gasteiger partial charge >= 0.3 is 0 Å². The third kappa shape index (κ3) is 2.20. The van der Waals surface area contributed by atoms with Gasteiger partial charge in [-0.2, -0.15) is 0 Å². The third-order valence-electron chi connectivity index (χ3n) is 2.87. The monoisotopic (exact) mass is 244 g/mol. The number of rotatable bonds is 2. The Labute approximate surface area is 98.1 Å². The van der Waals surface area contributed by atoms with Crippen LogP contribution in [-0.4, -0.2) is 56.0 Å². The van der Waals surface area contributed by atoms with Crippen LogP contribution in [-0.2, 0) is 11.8 Å². The lowest BCUT2D eigenvalue weighted by Gasteiger charge is -2.39. The number of ether oxygens (including phenoxy) is 1. The minimum Gasteiger partial charge on any atom is -0.394 e. The van der Waals surface area contributed by atoms with Crippen molar-refractivity contribution >= 4 is 0 Å². The van der Waals surface area contributed by atoms with Gasteiger partial charge in [0.25, 0.3) is 0 Å². The molecule has 1 aliphatic rings. The van der Waals surface area contributed by atoms with E-state index < -0.39 is 37.3 Å². The summed E-state index contributed by atoms with van der Waals surface area (Å²) in [5.74, 6) is 0. The molecule has 2 rings (SSSR count). The number of hydrogen-bond donors (Lipinski definition) is 4. The van der Waals surface area contributed by atoms with E-state index in [1.54, 1.807) is 24.0 Å². The fraction of sp³-hybridized carbons (Fsp3) is 0.700. The SMILES string of the molecule is C[n+]1[c-]n(C2O[C@H](CO)[C@H](O)[C@H](O)[C@H]2O)cc1. The summed E-state index contributed by atoms with van der Waals surface area (Å²) in [6.45, 7) is -0.436. The number of aliphatic hydroxyl groups excluding tert-OH is 4. The van der Waals surface area contributed by atoms with Gasteiger partial charge in [0.1, 0.15) is 24.4 Å². The van der Waals surface area contributed by atoms with Gasteiger partial charge in [0.2, 0.25) is 12.6 Å². The molecule has 1 aromatic heterocycles. The molecule has 0 spiro atoms. The molecule has 1 aliphatic heterocycles. The molecule has 4 N–H and O–H groups in total. The lowest BCUT2D eigenvalue weighted by Crippen LogP contribution is -2.56. The predicted molar refractivity (Wildman–Crippen MR) is 53.5 cm³/mol. The maximum atomic E-state index is 9.82. The molecule has 1 aromatic rings. The molecular formula is C10H16N2O5. The Bertz CT molecular complexity index is 381. The average Bonchev–Trinajstić information content (AvgIpc) is 2.73. The highest BCUT2D eigenvalue weighted by Crippen LogP contribution is 2.27. The van der Waals surface area contributed by atoms with Crippen molar-refractivity contribution in [1.29, 1.82) is 0 Å². The second-order valence-electron chi connectivity index (χ2n) is 4.14. The van der Waals surface area contributed by atoms with Gasteiger partial charge in [-0.1, -0.05) is 0 Å². The lowest BCUT2D eigenvalue weighted by atomic mass is 9.98. The molecule has 7 heteroatoms. The first-order chi connectivity index (χ1) is 8.04. The van der Waals surface area contributed by atoms with Gasteiger partial charge in [-0.05, 0) is 12.4 Å². The van der Waals surface area contributed by atoms with Crippen LogP contribution in [0.3, 0.4) is 0 Å². The molecule has 1 fully saturated rings. The second kappa shape index (κ2) is 4.71. The Hall–Kier alpha value is -0.990. The zero-order chi connectivity index (χ0) is 12.6. The van der Waals surface area contributed by atoms with Gasteiger partial charge in [0.05, 0.1) is 13.7 Å². The van der Waals surface area contributed by atoms with Crippen molar-refractivity contribution in [2.24, 2.45) is 7.05 Å². The number of aliphatic hydroxyl groups is 4. The van der Waals surface area contributed by atoms with Crippen LogP contribution in [0.1, 0.15) is 6.23 Å². The number of imidazole rings is 1. The Balaban J connectivity index is 2.22. The summed E-state index contributed by atoms with van der Waals surface area (Å²) >= 11 is 0. The van der Waals surface area contributed by atoms with Crippen LogP contribution in [0, 0.1) is 6.33 Å². The molecule has 0 aromatic carbocycles. The van der Waals surface area contributed by atoms with E-state index >= 15 is 0 Å². The van der Waals surface area contributed by atoms with Crippen LogP contribution in [0.25, 0.3) is 0 Å². The van der Waals surface area contributed by atoms with Crippen LogP contribution >= 0.6 is 0 Å². The molecule has 0 saturated carbocycles. The van der Waals surface area contributed by atoms with E-state index in [0.717, 1.165) is 0 Å². The van der Waals surface area contributed by atoms with Crippen molar-refractivity contribution in [1.82, 2.24) is 4.57 Å². The van der Waals surface area contributed by atoms with Gasteiger partial charge in [-0.15, -0.1) is 0 Å². The summed E-state index contributed by atoms with van der Waals surface area (Å²) in [5.41, 5.74) is 0. The molecule has 96 valence electrons. The summed E-state index contributed by atoms with van der Waals surface area (Å²) in [4.78, 5) is 0. The smallest absolute Gasteiger partial charge is 0.209 e. The summed E-state index contributed by atoms with van der Waals surface area (Å²) in [6.07, 6.45) is 0.371. The fourth-order valence-electron chi connectivity index (χ4n) is 1.87. The largest absolute Gasteiger partial charge is 0.394 e. The van der Waals surface area contributed by atoms with Crippen LogP contribution in [0.15, 0.2) is 12.4 Å². The van der Waals surface area contributed by atoms with Crippen molar-refractivity contribution in [3.05, 3.63) is 18.7 Å². The Morgan fingerprint density at radius 3 is 2.53 bits per heavy atom. The third-order valence-corrected chi connectivity index (χ3v) is 2.87. The Kier molecular flexibility index (Phi) is 3.45. The molecule has 2 heterocycles. The first-order valence-corrected chi connectivity index (χ1v) is 5.31. The van der Waals surface area contributed by atoms with E-state index in [1.807, 2.05) is 0 Å². The second-order valence-corrected chi connectivity index (χ2v) is 4.14. The van der Waals surface area contributed by atoms with E-state index in [9.17, 15) is 15.3 Å². The number of aryl methyl sites for hydroxylation is 1. The minimum absolute atomic E-state index is 0.436. The number of aromatic nitrogens is 2. The quantitative estimate of drug-likeness (QED) is 0.330. The molecule has 7 nitrogen and oxygen atoms in total. The van der Waals surface area contributed by atoms with Crippen molar-refractivity contribution in [2.45, 2.75) is 30.6 Å². The molecule has 0 bridgehead atoms. The summed E-state index contributed by atoms with van der Waals surface area (Å²) in [5, 5.41) is 38.1. The van der Waals surface area contributed by atoms with E-state index in [0.29, 0.717) is 0 Å². The summed E-state index contributed by atoms with van der Waals surface area (Å²) < 4.78 is 8.41. The first-order valence-electron chi connectivity index (χ1n) is 5.31. The van der Waals surface area contributed by atoms with Gasteiger partial charge in [0, 0.05) is 0 Å². The molecule has 0 radical (unpaired) electrons. The van der Waals surface area contributed by atoms with E-state index in [1.165, 1.54) is 4.57 Å². The highest BCUT2D eigenvalue weighted by atomic mass is 16.6. The molecule has 0 aliphatic carbocycles. The van der Waals surface area contributed by atoms with Crippen molar-refractivity contribution in [3.63, 3.8) is 0 Å². The van der Waals surface area contributed by atoms with E-state index in [2.05, 4.69) is 6.33 Å². The van der Waals surface area contributed by atoms with Crippen LogP contribution < -0.4 is 4.57 Å². The van der Waals surface area contributed by atoms with Gasteiger partial charge in [-0.3, -0.25) is 0 Å². The summed E-state index contributed by atoms with van der Waals surface area (Å²) in [6, 6.07) is 0. The number of hydrogen-bond acceptors (Lipinski definition) is 5. The normalized spacial score (nSPS) is 38.3. The molecule has 1 saturated heterocycles. The number of nitrogens with zero attached hydrogens (tertiary/aromatic N) is 2. The first kappa shape index (κ1) is 12.5. The predicted octanol–water partition coefficient (Wildman–Crippen LogP) is -2.91. The topological polar surface area (TPSA) is 99.0 Å². The van der Waals surface area contributed by atoms with Crippen LogP contribution in [0.2, 0.25) is 0 Å². The highest BCUT2D eigenvalue weighted by molar-refractivity contribution is 4.91. The Morgan fingerprint density at radius 2 is 2.00 bits per heavy atom. The van der Waals surface area contributed by atoms with Gasteiger partial charge in [-0.25, -0.2) is 0 Å². The van der Waals surface area contributed by atoms with Gasteiger partial charge < -0.3 is 34.3 Å². The zero-order valence-electron chi connectivity index (χ0n) is 9.34. The van der Waals surface area contributed by atoms with Crippen molar-refractivity contribution in [2.75, 3.05) is 6.61 Å². The highest BCUT2D eigenvalue weighted by Gasteiger charge is 2.45. The molecular weight excluding hydrogens is 228 g/mol. The molecule has 17 heavy (non-hydrogen) atoms. The minimum atomic E-state index is -1.37.